The Bertz CT molecular complexity index is 355. The molecule has 88 valence electrons. The number of hydrogen-bond donors (Lipinski definition) is 2. The van der Waals surface area contributed by atoms with Gasteiger partial charge in [0.25, 0.3) is 0 Å². The maximum absolute atomic E-state index is 11.7. The Morgan fingerprint density at radius 1 is 1.50 bits per heavy atom. The zero-order chi connectivity index (χ0) is 12.0. The Kier molecular flexibility index (Phi) is 5.35. The average molecular weight is 238 g/mol. The standard InChI is InChI=1S/C12H18N2OS/c1-3-6-9(13)12(15)14-10-7-4-5-8-11(10)16-2/h4-5,7-9H,3,6,13H2,1-2H3,(H,14,15)/t9-/m0/s1. The van der Waals surface area contributed by atoms with Crippen molar-refractivity contribution >= 4 is 23.4 Å². The van der Waals surface area contributed by atoms with Gasteiger partial charge in [0.2, 0.25) is 5.91 Å². The summed E-state index contributed by atoms with van der Waals surface area (Å²) >= 11 is 1.61. The summed E-state index contributed by atoms with van der Waals surface area (Å²) in [5, 5.41) is 2.86. The fourth-order valence-corrected chi connectivity index (χ4v) is 1.97. The Morgan fingerprint density at radius 3 is 2.81 bits per heavy atom. The Balaban J connectivity index is 2.69. The summed E-state index contributed by atoms with van der Waals surface area (Å²) < 4.78 is 0. The van der Waals surface area contributed by atoms with Crippen LogP contribution < -0.4 is 11.1 Å². The molecule has 0 fully saturated rings. The predicted octanol–water partition coefficient (Wildman–Crippen LogP) is 2.47. The number of amides is 1. The first-order chi connectivity index (χ1) is 7.69. The summed E-state index contributed by atoms with van der Waals surface area (Å²) in [6.45, 7) is 2.02. The summed E-state index contributed by atoms with van der Waals surface area (Å²) in [7, 11) is 0. The van der Waals surface area contributed by atoms with Gasteiger partial charge in [-0.15, -0.1) is 11.8 Å². The van der Waals surface area contributed by atoms with E-state index in [1.807, 2.05) is 37.4 Å². The summed E-state index contributed by atoms with van der Waals surface area (Å²) in [5.41, 5.74) is 6.59. The van der Waals surface area contributed by atoms with Gasteiger partial charge in [-0.25, -0.2) is 0 Å². The number of para-hydroxylation sites is 1. The van der Waals surface area contributed by atoms with Crippen LogP contribution in [0.3, 0.4) is 0 Å². The number of anilines is 1. The number of benzene rings is 1. The second-order valence-corrected chi connectivity index (χ2v) is 4.43. The minimum absolute atomic E-state index is 0.108. The summed E-state index contributed by atoms with van der Waals surface area (Å²) in [4.78, 5) is 12.8. The highest BCUT2D eigenvalue weighted by Gasteiger charge is 2.13. The molecule has 1 atom stereocenters. The van der Waals surface area contributed by atoms with Crippen molar-refractivity contribution in [2.24, 2.45) is 5.73 Å². The number of nitrogens with two attached hydrogens (primary N) is 1. The van der Waals surface area contributed by atoms with E-state index in [1.165, 1.54) is 0 Å². The second kappa shape index (κ2) is 6.55. The Labute approximate surface area is 101 Å². The van der Waals surface area contributed by atoms with E-state index >= 15 is 0 Å². The van der Waals surface area contributed by atoms with E-state index in [2.05, 4.69) is 5.32 Å². The molecule has 0 unspecified atom stereocenters. The highest BCUT2D eigenvalue weighted by atomic mass is 32.2. The molecule has 0 saturated heterocycles. The number of rotatable bonds is 5. The Morgan fingerprint density at radius 2 is 2.19 bits per heavy atom. The monoisotopic (exact) mass is 238 g/mol. The SMILES string of the molecule is CCC[C@H](N)C(=O)Nc1ccccc1SC. The topological polar surface area (TPSA) is 55.1 Å². The van der Waals surface area contributed by atoms with Crippen LogP contribution in [0.2, 0.25) is 0 Å². The summed E-state index contributed by atoms with van der Waals surface area (Å²) in [6, 6.07) is 7.31. The summed E-state index contributed by atoms with van der Waals surface area (Å²) in [6.07, 6.45) is 3.61. The van der Waals surface area contributed by atoms with E-state index in [9.17, 15) is 4.79 Å². The van der Waals surface area contributed by atoms with Crippen LogP contribution in [0.5, 0.6) is 0 Å². The maximum atomic E-state index is 11.7. The van der Waals surface area contributed by atoms with Crippen LogP contribution in [0.25, 0.3) is 0 Å². The van der Waals surface area contributed by atoms with Crippen molar-refractivity contribution in [3.63, 3.8) is 0 Å². The van der Waals surface area contributed by atoms with Gasteiger partial charge in [0.1, 0.15) is 0 Å². The molecule has 0 heterocycles. The van der Waals surface area contributed by atoms with Gasteiger partial charge in [-0.3, -0.25) is 4.79 Å². The molecule has 0 aromatic heterocycles. The highest BCUT2D eigenvalue weighted by Crippen LogP contribution is 2.24. The van der Waals surface area contributed by atoms with Crippen molar-refractivity contribution in [1.29, 1.82) is 0 Å². The first-order valence-corrected chi connectivity index (χ1v) is 6.61. The van der Waals surface area contributed by atoms with E-state index in [0.29, 0.717) is 6.42 Å². The molecular weight excluding hydrogens is 220 g/mol. The average Bonchev–Trinajstić information content (AvgIpc) is 2.30. The molecule has 0 bridgehead atoms. The van der Waals surface area contributed by atoms with Crippen molar-refractivity contribution in [2.45, 2.75) is 30.7 Å². The third-order valence-corrected chi connectivity index (χ3v) is 3.10. The third-order valence-electron chi connectivity index (χ3n) is 2.30. The molecule has 0 spiro atoms. The van der Waals surface area contributed by atoms with Crippen molar-refractivity contribution in [3.05, 3.63) is 24.3 Å². The molecule has 3 nitrogen and oxygen atoms in total. The van der Waals surface area contributed by atoms with Gasteiger partial charge in [-0.2, -0.15) is 0 Å². The van der Waals surface area contributed by atoms with Crippen molar-refractivity contribution in [1.82, 2.24) is 0 Å². The fourth-order valence-electron chi connectivity index (χ4n) is 1.42. The molecule has 16 heavy (non-hydrogen) atoms. The number of carbonyl (C=O) groups is 1. The zero-order valence-corrected chi connectivity index (χ0v) is 10.5. The van der Waals surface area contributed by atoms with Crippen LogP contribution in [0.4, 0.5) is 5.69 Å². The lowest BCUT2D eigenvalue weighted by molar-refractivity contribution is -0.117. The molecule has 0 aliphatic carbocycles. The quantitative estimate of drug-likeness (QED) is 0.775. The van der Waals surface area contributed by atoms with Crippen LogP contribution >= 0.6 is 11.8 Å². The van der Waals surface area contributed by atoms with Crippen molar-refractivity contribution < 1.29 is 4.79 Å². The molecule has 0 aliphatic rings. The van der Waals surface area contributed by atoms with Gasteiger partial charge in [0, 0.05) is 4.90 Å². The number of nitrogens with one attached hydrogen (secondary N) is 1. The van der Waals surface area contributed by atoms with Crippen molar-refractivity contribution in [3.8, 4) is 0 Å². The summed E-state index contributed by atoms with van der Waals surface area (Å²) in [5.74, 6) is -0.108. The molecule has 3 N–H and O–H groups in total. The number of hydrogen-bond acceptors (Lipinski definition) is 3. The van der Waals surface area contributed by atoms with E-state index < -0.39 is 6.04 Å². The minimum atomic E-state index is -0.417. The maximum Gasteiger partial charge on any atom is 0.241 e. The lowest BCUT2D eigenvalue weighted by Gasteiger charge is -2.13. The van der Waals surface area contributed by atoms with Gasteiger partial charge in [-0.05, 0) is 24.8 Å². The highest BCUT2D eigenvalue weighted by molar-refractivity contribution is 7.98. The van der Waals surface area contributed by atoms with Gasteiger partial charge >= 0.3 is 0 Å². The molecule has 1 aromatic rings. The Hall–Kier alpha value is -1.00. The van der Waals surface area contributed by atoms with Crippen LogP contribution in [0, 0.1) is 0 Å². The van der Waals surface area contributed by atoms with Crippen LogP contribution in [0.1, 0.15) is 19.8 Å². The molecule has 0 aliphatic heterocycles. The fraction of sp³-hybridized carbons (Fsp3) is 0.417. The van der Waals surface area contributed by atoms with Crippen LogP contribution in [0.15, 0.2) is 29.2 Å². The van der Waals surface area contributed by atoms with Crippen molar-refractivity contribution in [2.75, 3.05) is 11.6 Å². The van der Waals surface area contributed by atoms with E-state index in [1.54, 1.807) is 11.8 Å². The van der Waals surface area contributed by atoms with E-state index in [-0.39, 0.29) is 5.91 Å². The minimum Gasteiger partial charge on any atom is -0.324 e. The smallest absolute Gasteiger partial charge is 0.241 e. The first kappa shape index (κ1) is 13.1. The van der Waals surface area contributed by atoms with Crippen LogP contribution in [-0.4, -0.2) is 18.2 Å². The lowest BCUT2D eigenvalue weighted by atomic mass is 10.1. The van der Waals surface area contributed by atoms with Crippen LogP contribution in [-0.2, 0) is 4.79 Å². The number of carbonyl (C=O) groups excluding carboxylic acids is 1. The van der Waals surface area contributed by atoms with Gasteiger partial charge in [0.15, 0.2) is 0 Å². The van der Waals surface area contributed by atoms with E-state index in [0.717, 1.165) is 17.0 Å². The molecule has 0 saturated carbocycles. The number of thioether (sulfide) groups is 1. The van der Waals surface area contributed by atoms with Gasteiger partial charge in [0.05, 0.1) is 11.7 Å². The molecule has 1 rings (SSSR count). The largest absolute Gasteiger partial charge is 0.324 e. The third kappa shape index (κ3) is 3.54. The predicted molar refractivity (Wildman–Crippen MR) is 69.7 cm³/mol. The molecular formula is C12H18N2OS. The molecule has 1 amide bonds. The molecule has 0 radical (unpaired) electrons. The lowest BCUT2D eigenvalue weighted by Crippen LogP contribution is -2.35. The van der Waals surface area contributed by atoms with E-state index in [4.69, 9.17) is 5.73 Å². The second-order valence-electron chi connectivity index (χ2n) is 3.58. The zero-order valence-electron chi connectivity index (χ0n) is 9.69. The first-order valence-electron chi connectivity index (χ1n) is 5.38. The molecule has 1 aromatic carbocycles. The van der Waals surface area contributed by atoms with Gasteiger partial charge in [-0.1, -0.05) is 25.5 Å². The van der Waals surface area contributed by atoms with Gasteiger partial charge < -0.3 is 11.1 Å². The normalized spacial score (nSPS) is 12.2. The molecule has 4 heteroatoms.